The topological polar surface area (TPSA) is 29.9 Å². The molecule has 1 aromatic carbocycles. The van der Waals surface area contributed by atoms with Gasteiger partial charge in [-0.3, -0.25) is 0 Å². The van der Waals surface area contributed by atoms with E-state index in [1.807, 2.05) is 29.1 Å². The van der Waals surface area contributed by atoms with Crippen molar-refractivity contribution in [3.05, 3.63) is 48.3 Å². The van der Waals surface area contributed by atoms with Crippen LogP contribution in [0.3, 0.4) is 0 Å². The average molecular weight is 269 g/mol. The monoisotopic (exact) mass is 269 g/mol. The SMILES string of the molecule is CC(NCCCC1CC1)c1cnn(-c2ccccc2)c1. The molecule has 0 saturated heterocycles. The molecule has 1 aliphatic rings. The fourth-order valence-corrected chi connectivity index (χ4v) is 2.52. The molecule has 1 atom stereocenters. The van der Waals surface area contributed by atoms with Gasteiger partial charge < -0.3 is 5.32 Å². The highest BCUT2D eigenvalue weighted by molar-refractivity contribution is 5.31. The van der Waals surface area contributed by atoms with Gasteiger partial charge in [0.05, 0.1) is 11.9 Å². The second kappa shape index (κ2) is 6.23. The maximum Gasteiger partial charge on any atom is 0.0645 e. The molecule has 3 nitrogen and oxygen atoms in total. The molecule has 0 aliphatic heterocycles. The largest absolute Gasteiger partial charge is 0.310 e. The molecule has 1 unspecified atom stereocenters. The summed E-state index contributed by atoms with van der Waals surface area (Å²) < 4.78 is 1.94. The first kappa shape index (κ1) is 13.4. The van der Waals surface area contributed by atoms with E-state index in [0.29, 0.717) is 6.04 Å². The first-order valence-corrected chi connectivity index (χ1v) is 7.66. The molecule has 3 heteroatoms. The number of para-hydroxylation sites is 1. The third kappa shape index (κ3) is 3.48. The molecule has 0 bridgehead atoms. The Morgan fingerprint density at radius 1 is 1.30 bits per heavy atom. The van der Waals surface area contributed by atoms with Gasteiger partial charge in [-0.15, -0.1) is 0 Å². The Hall–Kier alpha value is -1.61. The summed E-state index contributed by atoms with van der Waals surface area (Å²) >= 11 is 0. The molecule has 1 aromatic heterocycles. The number of nitrogens with zero attached hydrogens (tertiary/aromatic N) is 2. The van der Waals surface area contributed by atoms with Gasteiger partial charge in [0.15, 0.2) is 0 Å². The Bertz CT molecular complexity index is 528. The predicted octanol–water partition coefficient (Wildman–Crippen LogP) is 3.71. The fourth-order valence-electron chi connectivity index (χ4n) is 2.52. The number of aromatic nitrogens is 2. The third-order valence-electron chi connectivity index (χ3n) is 4.06. The zero-order valence-corrected chi connectivity index (χ0v) is 12.1. The molecule has 106 valence electrons. The molecular weight excluding hydrogens is 246 g/mol. The van der Waals surface area contributed by atoms with Gasteiger partial charge in [-0.1, -0.05) is 31.0 Å². The quantitative estimate of drug-likeness (QED) is 0.776. The predicted molar refractivity (Wildman–Crippen MR) is 81.9 cm³/mol. The van der Waals surface area contributed by atoms with Crippen LogP contribution >= 0.6 is 0 Å². The van der Waals surface area contributed by atoms with Gasteiger partial charge >= 0.3 is 0 Å². The molecule has 2 aromatic rings. The number of rotatable bonds is 7. The molecule has 1 fully saturated rings. The number of hydrogen-bond acceptors (Lipinski definition) is 2. The van der Waals surface area contributed by atoms with Crippen LogP contribution < -0.4 is 5.32 Å². The molecule has 0 spiro atoms. The van der Waals surface area contributed by atoms with Crippen LogP contribution in [0, 0.1) is 5.92 Å². The molecule has 0 radical (unpaired) electrons. The van der Waals surface area contributed by atoms with Crippen LogP contribution in [-0.4, -0.2) is 16.3 Å². The lowest BCUT2D eigenvalue weighted by Gasteiger charge is -2.11. The normalized spacial score (nSPS) is 16.2. The molecule has 20 heavy (non-hydrogen) atoms. The van der Waals surface area contributed by atoms with Gasteiger partial charge in [-0.2, -0.15) is 5.10 Å². The van der Waals surface area contributed by atoms with E-state index in [-0.39, 0.29) is 0 Å². The summed E-state index contributed by atoms with van der Waals surface area (Å²) in [7, 11) is 0. The highest BCUT2D eigenvalue weighted by atomic mass is 15.3. The van der Waals surface area contributed by atoms with E-state index >= 15 is 0 Å². The lowest BCUT2D eigenvalue weighted by atomic mass is 10.1. The summed E-state index contributed by atoms with van der Waals surface area (Å²) in [5.41, 5.74) is 2.36. The molecule has 0 amide bonds. The van der Waals surface area contributed by atoms with Crippen LogP contribution in [0.4, 0.5) is 0 Å². The van der Waals surface area contributed by atoms with Crippen molar-refractivity contribution < 1.29 is 0 Å². The molecule has 1 saturated carbocycles. The van der Waals surface area contributed by atoms with Crippen molar-refractivity contribution in [2.45, 2.75) is 38.6 Å². The third-order valence-corrected chi connectivity index (χ3v) is 4.06. The lowest BCUT2D eigenvalue weighted by Crippen LogP contribution is -2.19. The summed E-state index contributed by atoms with van der Waals surface area (Å²) in [5, 5.41) is 8.04. The molecular formula is C17H23N3. The minimum atomic E-state index is 0.367. The minimum Gasteiger partial charge on any atom is -0.310 e. The van der Waals surface area contributed by atoms with E-state index in [2.05, 4.69) is 35.7 Å². The van der Waals surface area contributed by atoms with Gasteiger partial charge in [0.1, 0.15) is 0 Å². The van der Waals surface area contributed by atoms with Crippen LogP contribution in [-0.2, 0) is 0 Å². The minimum absolute atomic E-state index is 0.367. The Balaban J connectivity index is 1.52. The van der Waals surface area contributed by atoms with Crippen molar-refractivity contribution in [3.8, 4) is 5.69 Å². The van der Waals surface area contributed by atoms with E-state index in [9.17, 15) is 0 Å². The summed E-state index contributed by atoms with van der Waals surface area (Å²) in [5.74, 6) is 1.04. The van der Waals surface area contributed by atoms with E-state index in [0.717, 1.165) is 18.2 Å². The molecule has 1 aliphatic carbocycles. The molecule has 3 rings (SSSR count). The van der Waals surface area contributed by atoms with Gasteiger partial charge in [0.25, 0.3) is 0 Å². The van der Waals surface area contributed by atoms with Gasteiger partial charge in [0.2, 0.25) is 0 Å². The van der Waals surface area contributed by atoms with Crippen molar-refractivity contribution in [1.29, 1.82) is 0 Å². The van der Waals surface area contributed by atoms with Crippen LogP contribution in [0.2, 0.25) is 0 Å². The summed E-state index contributed by atoms with van der Waals surface area (Å²) in [4.78, 5) is 0. The first-order chi connectivity index (χ1) is 9.83. The van der Waals surface area contributed by atoms with E-state index in [1.165, 1.54) is 31.2 Å². The Labute approximate surface area is 121 Å². The highest BCUT2D eigenvalue weighted by Gasteiger charge is 2.20. The summed E-state index contributed by atoms with van der Waals surface area (Å²) in [6, 6.07) is 10.6. The van der Waals surface area contributed by atoms with E-state index in [1.54, 1.807) is 0 Å². The van der Waals surface area contributed by atoms with Crippen LogP contribution in [0.1, 0.15) is 44.2 Å². The zero-order chi connectivity index (χ0) is 13.8. The van der Waals surface area contributed by atoms with Crippen LogP contribution in [0.5, 0.6) is 0 Å². The number of benzene rings is 1. The Kier molecular flexibility index (Phi) is 4.16. The van der Waals surface area contributed by atoms with Crippen LogP contribution in [0.25, 0.3) is 5.69 Å². The standard InChI is InChI=1S/C17H23N3/c1-14(18-11-5-6-15-9-10-15)16-12-19-20(13-16)17-7-3-2-4-8-17/h2-4,7-8,12-15,18H,5-6,9-11H2,1H3. The maximum absolute atomic E-state index is 4.45. The lowest BCUT2D eigenvalue weighted by molar-refractivity contribution is 0.533. The van der Waals surface area contributed by atoms with Gasteiger partial charge in [-0.25, -0.2) is 4.68 Å². The second-order valence-corrected chi connectivity index (χ2v) is 5.82. The van der Waals surface area contributed by atoms with E-state index in [4.69, 9.17) is 0 Å². The number of nitrogens with one attached hydrogen (secondary N) is 1. The zero-order valence-electron chi connectivity index (χ0n) is 12.1. The molecule has 1 N–H and O–H groups in total. The van der Waals surface area contributed by atoms with Crippen LogP contribution in [0.15, 0.2) is 42.7 Å². The average Bonchev–Trinajstić information content (AvgIpc) is 3.18. The summed E-state index contributed by atoms with van der Waals surface area (Å²) in [6.45, 7) is 3.32. The first-order valence-electron chi connectivity index (χ1n) is 7.66. The van der Waals surface area contributed by atoms with E-state index < -0.39 is 0 Å². The highest BCUT2D eigenvalue weighted by Crippen LogP contribution is 2.33. The Morgan fingerprint density at radius 2 is 2.10 bits per heavy atom. The van der Waals surface area contributed by atoms with Crippen molar-refractivity contribution >= 4 is 0 Å². The second-order valence-electron chi connectivity index (χ2n) is 5.82. The maximum atomic E-state index is 4.45. The van der Waals surface area contributed by atoms with Crippen molar-refractivity contribution in [2.24, 2.45) is 5.92 Å². The smallest absolute Gasteiger partial charge is 0.0645 e. The Morgan fingerprint density at radius 3 is 2.85 bits per heavy atom. The van der Waals surface area contributed by atoms with Crippen molar-refractivity contribution in [2.75, 3.05) is 6.54 Å². The van der Waals surface area contributed by atoms with Crippen molar-refractivity contribution in [1.82, 2.24) is 15.1 Å². The van der Waals surface area contributed by atoms with Gasteiger partial charge in [-0.05, 0) is 44.4 Å². The van der Waals surface area contributed by atoms with Gasteiger partial charge in [0, 0.05) is 17.8 Å². The summed E-state index contributed by atoms with van der Waals surface area (Å²) in [6.07, 6.45) is 9.68. The number of hydrogen-bond donors (Lipinski definition) is 1. The fraction of sp³-hybridized carbons (Fsp3) is 0.471. The van der Waals surface area contributed by atoms with Crippen molar-refractivity contribution in [3.63, 3.8) is 0 Å². The molecule has 1 heterocycles.